The summed E-state index contributed by atoms with van der Waals surface area (Å²) in [6.07, 6.45) is 2.74. The van der Waals surface area contributed by atoms with Crippen LogP contribution in [-0.2, 0) is 6.54 Å². The predicted octanol–water partition coefficient (Wildman–Crippen LogP) is 2.39. The molecule has 0 amide bonds. The smallest absolute Gasteiger partial charge is 0.0414 e. The summed E-state index contributed by atoms with van der Waals surface area (Å²) in [5.74, 6) is 0.924. The molecule has 2 heteroatoms. The fraction of sp³-hybridized carbons (Fsp3) is 0.571. The van der Waals surface area contributed by atoms with Gasteiger partial charge in [0, 0.05) is 31.4 Å². The third-order valence-corrected chi connectivity index (χ3v) is 3.94. The summed E-state index contributed by atoms with van der Waals surface area (Å²) in [5.41, 5.74) is 2.92. The van der Waals surface area contributed by atoms with Crippen molar-refractivity contribution in [2.24, 2.45) is 5.92 Å². The zero-order valence-corrected chi connectivity index (χ0v) is 9.95. The van der Waals surface area contributed by atoms with Gasteiger partial charge in [0.15, 0.2) is 0 Å². The van der Waals surface area contributed by atoms with Crippen LogP contribution in [-0.4, -0.2) is 19.1 Å². The Kier molecular flexibility index (Phi) is 2.60. The molecule has 1 saturated carbocycles. The van der Waals surface area contributed by atoms with Crippen LogP contribution >= 0.6 is 0 Å². The van der Waals surface area contributed by atoms with E-state index in [1.807, 2.05) is 0 Å². The van der Waals surface area contributed by atoms with E-state index in [1.165, 1.54) is 24.1 Å². The minimum absolute atomic E-state index is 0.788. The Morgan fingerprint density at radius 1 is 1.25 bits per heavy atom. The lowest BCUT2D eigenvalue weighted by atomic mass is 9.80. The molecule has 1 aliphatic carbocycles. The number of para-hydroxylation sites is 1. The van der Waals surface area contributed by atoms with Crippen molar-refractivity contribution >= 4 is 5.69 Å². The molecule has 1 aliphatic heterocycles. The Morgan fingerprint density at radius 2 is 2.06 bits per heavy atom. The highest BCUT2D eigenvalue weighted by molar-refractivity contribution is 5.55. The number of nitrogens with one attached hydrogen (secondary N) is 1. The maximum atomic E-state index is 3.51. The molecule has 0 aromatic heterocycles. The monoisotopic (exact) mass is 216 g/mol. The lowest BCUT2D eigenvalue weighted by Crippen LogP contribution is -2.45. The van der Waals surface area contributed by atoms with E-state index >= 15 is 0 Å². The first-order valence-electron chi connectivity index (χ1n) is 6.40. The Bertz CT molecular complexity index is 369. The molecule has 0 radical (unpaired) electrons. The van der Waals surface area contributed by atoms with Crippen LogP contribution in [0.15, 0.2) is 24.3 Å². The Hall–Kier alpha value is -1.02. The number of fused-ring (bicyclic) bond motifs is 1. The van der Waals surface area contributed by atoms with Gasteiger partial charge in [0.2, 0.25) is 0 Å². The van der Waals surface area contributed by atoms with Crippen LogP contribution < -0.4 is 10.2 Å². The zero-order chi connectivity index (χ0) is 11.0. The summed E-state index contributed by atoms with van der Waals surface area (Å²) in [4.78, 5) is 2.62. The Balaban J connectivity index is 1.88. The molecule has 1 fully saturated rings. The van der Waals surface area contributed by atoms with Gasteiger partial charge in [0.1, 0.15) is 0 Å². The lowest BCUT2D eigenvalue weighted by Gasteiger charge is -2.43. The summed E-state index contributed by atoms with van der Waals surface area (Å²) in [5, 5.41) is 3.51. The van der Waals surface area contributed by atoms with Crippen LogP contribution in [0.5, 0.6) is 0 Å². The normalized spacial score (nSPS) is 29.2. The number of hydrogen-bond donors (Lipinski definition) is 1. The molecule has 16 heavy (non-hydrogen) atoms. The second-order valence-electron chi connectivity index (χ2n) is 5.23. The molecule has 2 aliphatic rings. The molecule has 3 rings (SSSR count). The molecule has 0 spiro atoms. The van der Waals surface area contributed by atoms with Crippen molar-refractivity contribution in [1.82, 2.24) is 5.32 Å². The van der Waals surface area contributed by atoms with Crippen LogP contribution in [0.2, 0.25) is 0 Å². The number of hydrogen-bond acceptors (Lipinski definition) is 2. The van der Waals surface area contributed by atoms with Crippen LogP contribution in [0, 0.1) is 5.92 Å². The van der Waals surface area contributed by atoms with Gasteiger partial charge >= 0.3 is 0 Å². The number of nitrogens with zero attached hydrogens (tertiary/aromatic N) is 1. The zero-order valence-electron chi connectivity index (χ0n) is 9.95. The molecule has 86 valence electrons. The molecule has 0 atom stereocenters. The lowest BCUT2D eigenvalue weighted by molar-refractivity contribution is 0.274. The van der Waals surface area contributed by atoms with Gasteiger partial charge in [-0.3, -0.25) is 0 Å². The molecule has 0 bridgehead atoms. The SMILES string of the molecule is CC1CC(N2CCNCc3ccccc32)C1. The van der Waals surface area contributed by atoms with Crippen molar-refractivity contribution in [2.75, 3.05) is 18.0 Å². The molecule has 1 N–H and O–H groups in total. The average molecular weight is 216 g/mol. The molecule has 1 aromatic rings. The van der Waals surface area contributed by atoms with Gasteiger partial charge in [-0.05, 0) is 30.4 Å². The maximum absolute atomic E-state index is 3.51. The van der Waals surface area contributed by atoms with E-state index in [2.05, 4.69) is 41.4 Å². The van der Waals surface area contributed by atoms with E-state index in [1.54, 1.807) is 0 Å². The largest absolute Gasteiger partial charge is 0.367 e. The highest BCUT2D eigenvalue weighted by atomic mass is 15.2. The van der Waals surface area contributed by atoms with Crippen LogP contribution in [0.3, 0.4) is 0 Å². The minimum atomic E-state index is 0.788. The summed E-state index contributed by atoms with van der Waals surface area (Å²) < 4.78 is 0. The fourth-order valence-corrected chi connectivity index (χ4v) is 2.98. The van der Waals surface area contributed by atoms with Crippen molar-refractivity contribution in [1.29, 1.82) is 0 Å². The van der Waals surface area contributed by atoms with E-state index in [4.69, 9.17) is 0 Å². The van der Waals surface area contributed by atoms with Gasteiger partial charge in [0.05, 0.1) is 0 Å². The van der Waals surface area contributed by atoms with Gasteiger partial charge in [-0.1, -0.05) is 25.1 Å². The van der Waals surface area contributed by atoms with E-state index in [0.717, 1.165) is 31.6 Å². The fourth-order valence-electron chi connectivity index (χ4n) is 2.98. The standard InChI is InChI=1S/C14H20N2/c1-11-8-13(9-11)16-7-6-15-10-12-4-2-3-5-14(12)16/h2-5,11,13,15H,6-10H2,1H3. The topological polar surface area (TPSA) is 15.3 Å². The van der Waals surface area contributed by atoms with Crippen molar-refractivity contribution in [3.8, 4) is 0 Å². The summed E-state index contributed by atoms with van der Waals surface area (Å²) >= 11 is 0. The minimum Gasteiger partial charge on any atom is -0.367 e. The second-order valence-corrected chi connectivity index (χ2v) is 5.23. The number of benzene rings is 1. The molecule has 2 nitrogen and oxygen atoms in total. The molecule has 0 unspecified atom stereocenters. The number of anilines is 1. The van der Waals surface area contributed by atoms with Crippen molar-refractivity contribution < 1.29 is 0 Å². The molecular formula is C14H20N2. The Morgan fingerprint density at radius 3 is 2.88 bits per heavy atom. The van der Waals surface area contributed by atoms with Gasteiger partial charge < -0.3 is 10.2 Å². The third kappa shape index (κ3) is 1.71. The highest BCUT2D eigenvalue weighted by Gasteiger charge is 2.32. The molecule has 1 heterocycles. The van der Waals surface area contributed by atoms with E-state index in [0.29, 0.717) is 0 Å². The first kappa shape index (κ1) is 10.2. The molecule has 1 aromatic carbocycles. The summed E-state index contributed by atoms with van der Waals surface area (Å²) in [7, 11) is 0. The summed E-state index contributed by atoms with van der Waals surface area (Å²) in [6.45, 7) is 5.65. The van der Waals surface area contributed by atoms with Crippen molar-refractivity contribution in [3.63, 3.8) is 0 Å². The summed E-state index contributed by atoms with van der Waals surface area (Å²) in [6, 6.07) is 9.64. The van der Waals surface area contributed by atoms with Gasteiger partial charge in [-0.25, -0.2) is 0 Å². The Labute approximate surface area is 97.6 Å². The highest BCUT2D eigenvalue weighted by Crippen LogP contribution is 2.35. The second kappa shape index (κ2) is 4.10. The predicted molar refractivity (Wildman–Crippen MR) is 67.7 cm³/mol. The number of rotatable bonds is 1. The maximum Gasteiger partial charge on any atom is 0.0414 e. The first-order chi connectivity index (χ1) is 7.84. The van der Waals surface area contributed by atoms with Gasteiger partial charge in [-0.2, -0.15) is 0 Å². The van der Waals surface area contributed by atoms with Crippen LogP contribution in [0.25, 0.3) is 0 Å². The van der Waals surface area contributed by atoms with E-state index in [-0.39, 0.29) is 0 Å². The van der Waals surface area contributed by atoms with Crippen LogP contribution in [0.1, 0.15) is 25.3 Å². The average Bonchev–Trinajstić information content (AvgIpc) is 2.47. The van der Waals surface area contributed by atoms with E-state index in [9.17, 15) is 0 Å². The third-order valence-electron chi connectivity index (χ3n) is 3.94. The van der Waals surface area contributed by atoms with Crippen molar-refractivity contribution in [3.05, 3.63) is 29.8 Å². The van der Waals surface area contributed by atoms with Crippen molar-refractivity contribution in [2.45, 2.75) is 32.4 Å². The van der Waals surface area contributed by atoms with Gasteiger partial charge in [0.25, 0.3) is 0 Å². The molecular weight excluding hydrogens is 196 g/mol. The van der Waals surface area contributed by atoms with Crippen LogP contribution in [0.4, 0.5) is 5.69 Å². The van der Waals surface area contributed by atoms with E-state index < -0.39 is 0 Å². The quantitative estimate of drug-likeness (QED) is 0.775. The van der Waals surface area contributed by atoms with Gasteiger partial charge in [-0.15, -0.1) is 0 Å². The first-order valence-corrected chi connectivity index (χ1v) is 6.40. The molecule has 0 saturated heterocycles.